The molecule has 128 valence electrons. The first-order valence-electron chi connectivity index (χ1n) is 7.82. The van der Waals surface area contributed by atoms with Crippen LogP contribution < -0.4 is 11.3 Å². The van der Waals surface area contributed by atoms with Crippen molar-refractivity contribution in [3.05, 3.63) is 44.0 Å². The first-order valence-corrected chi connectivity index (χ1v) is 8.76. The largest absolute Gasteiger partial charge is 0.369 e. The van der Waals surface area contributed by atoms with Gasteiger partial charge in [-0.15, -0.1) is 0 Å². The summed E-state index contributed by atoms with van der Waals surface area (Å²) in [6.07, 6.45) is 0.907. The van der Waals surface area contributed by atoms with Crippen molar-refractivity contribution in [3.8, 4) is 0 Å². The van der Waals surface area contributed by atoms with Gasteiger partial charge in [-0.3, -0.25) is 19.5 Å². The fraction of sp³-hybridized carbons (Fsp3) is 0.438. The lowest BCUT2D eigenvalue weighted by molar-refractivity contribution is 0.0779. The van der Waals surface area contributed by atoms with Gasteiger partial charge in [0.05, 0.1) is 11.3 Å². The van der Waals surface area contributed by atoms with Crippen LogP contribution >= 0.6 is 11.3 Å². The normalized spacial score (nSPS) is 17.6. The van der Waals surface area contributed by atoms with Gasteiger partial charge < -0.3 is 10.6 Å². The molecule has 1 aliphatic rings. The van der Waals surface area contributed by atoms with Crippen molar-refractivity contribution in [3.63, 3.8) is 0 Å². The SMILES string of the molecule is Cc1cscc1C(=O)N1CC[C@H](N(C)Cc2cc(=O)[nH]c(N)n2)C1. The van der Waals surface area contributed by atoms with Crippen LogP contribution in [0, 0.1) is 6.92 Å². The number of likely N-dealkylation sites (N-methyl/N-ethyl adjacent to an activating group) is 1. The van der Waals surface area contributed by atoms with Crippen molar-refractivity contribution in [2.45, 2.75) is 25.9 Å². The van der Waals surface area contributed by atoms with Crippen LogP contribution in [-0.2, 0) is 6.54 Å². The van der Waals surface area contributed by atoms with Crippen LogP contribution in [0.25, 0.3) is 0 Å². The summed E-state index contributed by atoms with van der Waals surface area (Å²) >= 11 is 1.55. The monoisotopic (exact) mass is 347 g/mol. The summed E-state index contributed by atoms with van der Waals surface area (Å²) in [5.41, 5.74) is 7.80. The molecule has 24 heavy (non-hydrogen) atoms. The van der Waals surface area contributed by atoms with Gasteiger partial charge >= 0.3 is 0 Å². The van der Waals surface area contributed by atoms with Gasteiger partial charge in [-0.1, -0.05) is 0 Å². The van der Waals surface area contributed by atoms with E-state index in [1.165, 1.54) is 6.07 Å². The number of nitrogens with zero attached hydrogens (tertiary/aromatic N) is 3. The molecule has 3 N–H and O–H groups in total. The predicted molar refractivity (Wildman–Crippen MR) is 94.1 cm³/mol. The van der Waals surface area contributed by atoms with Gasteiger partial charge in [0, 0.05) is 37.1 Å². The molecule has 8 heteroatoms. The van der Waals surface area contributed by atoms with Gasteiger partial charge in [0.25, 0.3) is 11.5 Å². The lowest BCUT2D eigenvalue weighted by Crippen LogP contribution is -2.36. The van der Waals surface area contributed by atoms with Gasteiger partial charge in [0.15, 0.2) is 0 Å². The highest BCUT2D eigenvalue weighted by molar-refractivity contribution is 7.08. The zero-order valence-electron chi connectivity index (χ0n) is 13.8. The number of nitrogen functional groups attached to an aromatic ring is 1. The van der Waals surface area contributed by atoms with Crippen molar-refractivity contribution in [2.75, 3.05) is 25.9 Å². The number of carbonyl (C=O) groups excluding carboxylic acids is 1. The Labute approximate surface area is 144 Å². The number of anilines is 1. The molecule has 0 unspecified atom stereocenters. The minimum Gasteiger partial charge on any atom is -0.369 e. The second-order valence-electron chi connectivity index (χ2n) is 6.20. The van der Waals surface area contributed by atoms with Crippen LogP contribution in [0.1, 0.15) is 28.0 Å². The molecule has 0 bridgehead atoms. The maximum Gasteiger partial charge on any atom is 0.255 e. The summed E-state index contributed by atoms with van der Waals surface area (Å²) in [6, 6.07) is 1.70. The fourth-order valence-electron chi connectivity index (χ4n) is 3.03. The molecule has 2 aromatic rings. The molecule has 0 radical (unpaired) electrons. The van der Waals surface area contributed by atoms with Crippen molar-refractivity contribution in [1.29, 1.82) is 0 Å². The van der Waals surface area contributed by atoms with E-state index in [-0.39, 0.29) is 23.5 Å². The summed E-state index contributed by atoms with van der Waals surface area (Å²) in [4.78, 5) is 34.7. The van der Waals surface area contributed by atoms with Gasteiger partial charge in [0.2, 0.25) is 5.95 Å². The van der Waals surface area contributed by atoms with Crippen molar-refractivity contribution < 1.29 is 4.79 Å². The number of amides is 1. The van der Waals surface area contributed by atoms with Crippen molar-refractivity contribution in [2.24, 2.45) is 0 Å². The van der Waals surface area contributed by atoms with E-state index in [0.29, 0.717) is 18.8 Å². The number of likely N-dealkylation sites (tertiary alicyclic amines) is 1. The summed E-state index contributed by atoms with van der Waals surface area (Å²) < 4.78 is 0. The maximum atomic E-state index is 12.6. The number of aromatic amines is 1. The van der Waals surface area contributed by atoms with E-state index in [9.17, 15) is 9.59 Å². The number of rotatable bonds is 4. The van der Waals surface area contributed by atoms with Crippen molar-refractivity contribution >= 4 is 23.2 Å². The summed E-state index contributed by atoms with van der Waals surface area (Å²) in [7, 11) is 1.98. The van der Waals surface area contributed by atoms with Crippen LogP contribution in [0.15, 0.2) is 21.6 Å². The average Bonchev–Trinajstić information content (AvgIpc) is 3.14. The number of thiophene rings is 1. The molecule has 1 atom stereocenters. The third-order valence-corrected chi connectivity index (χ3v) is 5.25. The quantitative estimate of drug-likeness (QED) is 0.862. The van der Waals surface area contributed by atoms with Crippen LogP contribution in [0.2, 0.25) is 0 Å². The molecule has 7 nitrogen and oxygen atoms in total. The Kier molecular flexibility index (Phi) is 4.68. The standard InChI is InChI=1S/C16H21N5O2S/c1-10-8-24-9-13(10)15(23)21-4-3-12(7-21)20(2)6-11-5-14(22)19-16(17)18-11/h5,8-9,12H,3-4,6-7H2,1-2H3,(H3,17,18,19,22)/t12-/m0/s1. The second kappa shape index (κ2) is 6.74. The van der Waals surface area contributed by atoms with Crippen molar-refractivity contribution in [1.82, 2.24) is 19.8 Å². The Balaban J connectivity index is 1.63. The van der Waals surface area contributed by atoms with E-state index < -0.39 is 0 Å². The second-order valence-corrected chi connectivity index (χ2v) is 6.94. The minimum absolute atomic E-state index is 0.100. The first-order chi connectivity index (χ1) is 11.4. The third kappa shape index (κ3) is 3.49. The number of nitrogens with two attached hydrogens (primary N) is 1. The molecule has 1 amide bonds. The number of nitrogens with one attached hydrogen (secondary N) is 1. The van der Waals surface area contributed by atoms with E-state index >= 15 is 0 Å². The Bertz CT molecular complexity index is 800. The minimum atomic E-state index is -0.248. The van der Waals surface area contributed by atoms with Gasteiger partial charge in [0.1, 0.15) is 0 Å². The van der Waals surface area contributed by atoms with Crippen LogP contribution in [0.4, 0.5) is 5.95 Å². The zero-order valence-corrected chi connectivity index (χ0v) is 14.6. The number of aromatic nitrogens is 2. The molecule has 1 saturated heterocycles. The Morgan fingerprint density at radius 3 is 3.00 bits per heavy atom. The third-order valence-electron chi connectivity index (χ3n) is 4.38. The molecule has 0 aromatic carbocycles. The molecule has 0 saturated carbocycles. The molecule has 3 heterocycles. The lowest BCUT2D eigenvalue weighted by Gasteiger charge is -2.24. The van der Waals surface area contributed by atoms with Gasteiger partial charge in [-0.05, 0) is 31.3 Å². The summed E-state index contributed by atoms with van der Waals surface area (Å²) in [5, 5.41) is 3.91. The zero-order chi connectivity index (χ0) is 17.3. The van der Waals surface area contributed by atoms with E-state index in [2.05, 4.69) is 14.9 Å². The van der Waals surface area contributed by atoms with Gasteiger partial charge in [-0.25, -0.2) is 4.98 Å². The predicted octanol–water partition coefficient (Wildman–Crippen LogP) is 1.07. The number of hydrogen-bond donors (Lipinski definition) is 2. The highest BCUT2D eigenvalue weighted by Crippen LogP contribution is 2.21. The molecular weight excluding hydrogens is 326 g/mol. The van der Waals surface area contributed by atoms with Crippen LogP contribution in [-0.4, -0.2) is 51.9 Å². The number of H-pyrrole nitrogens is 1. The maximum absolute atomic E-state index is 12.6. The van der Waals surface area contributed by atoms with Crippen LogP contribution in [0.3, 0.4) is 0 Å². The lowest BCUT2D eigenvalue weighted by atomic mass is 10.2. The van der Waals surface area contributed by atoms with E-state index in [1.807, 2.05) is 29.6 Å². The number of hydrogen-bond acceptors (Lipinski definition) is 6. The first kappa shape index (κ1) is 16.7. The molecule has 0 aliphatic carbocycles. The highest BCUT2D eigenvalue weighted by Gasteiger charge is 2.30. The number of aryl methyl sites for hydroxylation is 1. The molecule has 1 fully saturated rings. The molecule has 1 aliphatic heterocycles. The van der Waals surface area contributed by atoms with Gasteiger partial charge in [-0.2, -0.15) is 11.3 Å². The fourth-order valence-corrected chi connectivity index (χ4v) is 3.85. The van der Waals surface area contributed by atoms with E-state index in [4.69, 9.17) is 5.73 Å². The molecule has 0 spiro atoms. The van der Waals surface area contributed by atoms with E-state index in [1.54, 1.807) is 11.3 Å². The summed E-state index contributed by atoms with van der Waals surface area (Å²) in [6.45, 7) is 3.92. The molecular formula is C16H21N5O2S. The molecule has 3 rings (SSSR count). The Morgan fingerprint density at radius 1 is 1.54 bits per heavy atom. The smallest absolute Gasteiger partial charge is 0.255 e. The average molecular weight is 347 g/mol. The summed E-state index contributed by atoms with van der Waals surface area (Å²) in [5.74, 6) is 0.227. The molecule has 2 aromatic heterocycles. The topological polar surface area (TPSA) is 95.3 Å². The Morgan fingerprint density at radius 2 is 2.33 bits per heavy atom. The number of carbonyl (C=O) groups is 1. The van der Waals surface area contributed by atoms with E-state index in [0.717, 1.165) is 24.1 Å². The highest BCUT2D eigenvalue weighted by atomic mass is 32.1. The van der Waals surface area contributed by atoms with Crippen LogP contribution in [0.5, 0.6) is 0 Å². The Hall–Kier alpha value is -2.19.